The molecule has 1 heterocycles. The van der Waals surface area contributed by atoms with Crippen molar-refractivity contribution in [2.75, 3.05) is 31.5 Å². The topological polar surface area (TPSA) is 35.6 Å². The van der Waals surface area contributed by atoms with Gasteiger partial charge >= 0.3 is 6.03 Å². The zero-order valence-electron chi connectivity index (χ0n) is 12.3. The van der Waals surface area contributed by atoms with E-state index in [9.17, 15) is 4.79 Å². The first-order valence-corrected chi connectivity index (χ1v) is 7.31. The maximum atomic E-state index is 12.2. The fraction of sp³-hybridized carbons (Fsp3) is 0.533. The van der Waals surface area contributed by atoms with Gasteiger partial charge in [-0.3, -0.25) is 4.90 Å². The number of benzene rings is 1. The predicted octanol–water partition coefficient (Wildman–Crippen LogP) is 3.29. The lowest BCUT2D eigenvalue weighted by Crippen LogP contribution is -2.55. The van der Waals surface area contributed by atoms with Crippen molar-refractivity contribution in [3.05, 3.63) is 29.3 Å². The van der Waals surface area contributed by atoms with Gasteiger partial charge in [0.2, 0.25) is 0 Å². The Bertz CT molecular complexity index is 476. The Morgan fingerprint density at radius 1 is 1.15 bits per heavy atom. The molecule has 2 amide bonds. The third-order valence-corrected chi connectivity index (χ3v) is 3.96. The van der Waals surface area contributed by atoms with Gasteiger partial charge in [-0.05, 0) is 32.9 Å². The van der Waals surface area contributed by atoms with E-state index in [1.54, 1.807) is 6.07 Å². The van der Waals surface area contributed by atoms with Gasteiger partial charge in [0.15, 0.2) is 0 Å². The molecule has 2 rings (SSSR count). The number of nitrogens with one attached hydrogen (secondary N) is 1. The molecule has 110 valence electrons. The van der Waals surface area contributed by atoms with Crippen molar-refractivity contribution in [3.8, 4) is 0 Å². The second-order valence-corrected chi connectivity index (χ2v) is 6.46. The van der Waals surface area contributed by atoms with Crippen molar-refractivity contribution in [2.45, 2.75) is 26.3 Å². The standard InChI is InChI=1S/C15H22ClN3O/c1-15(2,3)19-10-8-18(9-11-19)14(20)17-13-7-5-4-6-12(13)16/h4-7H,8-11H2,1-3H3,(H,17,20). The Kier molecular flexibility index (Phi) is 4.55. The van der Waals surface area contributed by atoms with Crippen LogP contribution in [0.2, 0.25) is 5.02 Å². The molecule has 0 atom stereocenters. The van der Waals surface area contributed by atoms with Gasteiger partial charge in [-0.1, -0.05) is 23.7 Å². The average molecular weight is 296 g/mol. The van der Waals surface area contributed by atoms with E-state index in [-0.39, 0.29) is 11.6 Å². The van der Waals surface area contributed by atoms with Crippen LogP contribution < -0.4 is 5.32 Å². The zero-order valence-corrected chi connectivity index (χ0v) is 13.1. The van der Waals surface area contributed by atoms with E-state index in [2.05, 4.69) is 31.0 Å². The molecule has 1 aromatic rings. The van der Waals surface area contributed by atoms with Crippen molar-refractivity contribution < 1.29 is 4.79 Å². The molecule has 1 fully saturated rings. The number of piperazine rings is 1. The lowest BCUT2D eigenvalue weighted by Gasteiger charge is -2.42. The van der Waals surface area contributed by atoms with E-state index in [4.69, 9.17) is 11.6 Å². The molecule has 1 aliphatic rings. The molecule has 1 N–H and O–H groups in total. The number of urea groups is 1. The molecule has 4 nitrogen and oxygen atoms in total. The minimum Gasteiger partial charge on any atom is -0.322 e. The summed E-state index contributed by atoms with van der Waals surface area (Å²) >= 11 is 6.05. The third-order valence-electron chi connectivity index (χ3n) is 3.63. The van der Waals surface area contributed by atoms with E-state index >= 15 is 0 Å². The Morgan fingerprint density at radius 2 is 1.75 bits per heavy atom. The summed E-state index contributed by atoms with van der Waals surface area (Å²) in [4.78, 5) is 16.4. The molecule has 0 saturated carbocycles. The maximum Gasteiger partial charge on any atom is 0.321 e. The lowest BCUT2D eigenvalue weighted by molar-refractivity contribution is 0.0774. The summed E-state index contributed by atoms with van der Waals surface area (Å²) in [6.45, 7) is 9.89. The van der Waals surface area contributed by atoms with Gasteiger partial charge in [0, 0.05) is 31.7 Å². The minimum atomic E-state index is -0.0772. The highest BCUT2D eigenvalue weighted by molar-refractivity contribution is 6.33. The number of para-hydroxylation sites is 1. The first-order chi connectivity index (χ1) is 9.38. The zero-order chi connectivity index (χ0) is 14.8. The lowest BCUT2D eigenvalue weighted by atomic mass is 10.1. The summed E-state index contributed by atoms with van der Waals surface area (Å²) in [6, 6.07) is 7.21. The van der Waals surface area contributed by atoms with Crippen LogP contribution >= 0.6 is 11.6 Å². The number of halogens is 1. The van der Waals surface area contributed by atoms with Gasteiger partial charge in [0.25, 0.3) is 0 Å². The second-order valence-electron chi connectivity index (χ2n) is 6.05. The molecule has 20 heavy (non-hydrogen) atoms. The Labute approximate surface area is 125 Å². The van der Waals surface area contributed by atoms with E-state index in [0.717, 1.165) is 26.2 Å². The monoisotopic (exact) mass is 295 g/mol. The number of hydrogen-bond acceptors (Lipinski definition) is 2. The molecular weight excluding hydrogens is 274 g/mol. The Morgan fingerprint density at radius 3 is 2.30 bits per heavy atom. The molecule has 0 radical (unpaired) electrons. The average Bonchev–Trinajstić information content (AvgIpc) is 2.40. The van der Waals surface area contributed by atoms with Crippen LogP contribution in [-0.2, 0) is 0 Å². The number of carbonyl (C=O) groups excluding carboxylic acids is 1. The van der Waals surface area contributed by atoms with Crippen LogP contribution in [0.5, 0.6) is 0 Å². The molecule has 0 aliphatic carbocycles. The number of carbonyl (C=O) groups is 1. The van der Waals surface area contributed by atoms with Gasteiger partial charge in [-0.2, -0.15) is 0 Å². The molecule has 1 aromatic carbocycles. The third kappa shape index (κ3) is 3.64. The summed E-state index contributed by atoms with van der Waals surface area (Å²) in [5.41, 5.74) is 0.822. The number of amides is 2. The van der Waals surface area contributed by atoms with Crippen LogP contribution in [0, 0.1) is 0 Å². The highest BCUT2D eigenvalue weighted by Gasteiger charge is 2.27. The van der Waals surface area contributed by atoms with Crippen molar-refractivity contribution in [1.29, 1.82) is 0 Å². The smallest absolute Gasteiger partial charge is 0.321 e. The molecule has 0 aromatic heterocycles. The van der Waals surface area contributed by atoms with Crippen molar-refractivity contribution >= 4 is 23.3 Å². The Hall–Kier alpha value is -1.26. The van der Waals surface area contributed by atoms with E-state index in [1.165, 1.54) is 0 Å². The van der Waals surface area contributed by atoms with E-state index < -0.39 is 0 Å². The van der Waals surface area contributed by atoms with Gasteiger partial charge < -0.3 is 10.2 Å². The second kappa shape index (κ2) is 6.02. The van der Waals surface area contributed by atoms with Crippen LogP contribution in [0.1, 0.15) is 20.8 Å². The molecule has 5 heteroatoms. The fourth-order valence-corrected chi connectivity index (χ4v) is 2.52. The fourth-order valence-electron chi connectivity index (χ4n) is 2.34. The largest absolute Gasteiger partial charge is 0.322 e. The summed E-state index contributed by atoms with van der Waals surface area (Å²) in [5, 5.41) is 3.43. The molecule has 0 bridgehead atoms. The van der Waals surface area contributed by atoms with E-state index in [0.29, 0.717) is 10.7 Å². The first kappa shape index (κ1) is 15.1. The van der Waals surface area contributed by atoms with Gasteiger partial charge in [-0.15, -0.1) is 0 Å². The maximum absolute atomic E-state index is 12.2. The molecule has 0 spiro atoms. The predicted molar refractivity (Wildman–Crippen MR) is 83.4 cm³/mol. The van der Waals surface area contributed by atoms with Gasteiger partial charge in [-0.25, -0.2) is 4.79 Å². The highest BCUT2D eigenvalue weighted by Crippen LogP contribution is 2.21. The molecule has 1 saturated heterocycles. The molecule has 1 aliphatic heterocycles. The number of hydrogen-bond donors (Lipinski definition) is 1. The quantitative estimate of drug-likeness (QED) is 0.863. The minimum absolute atomic E-state index is 0.0772. The van der Waals surface area contributed by atoms with Crippen molar-refractivity contribution in [3.63, 3.8) is 0 Å². The van der Waals surface area contributed by atoms with Crippen LogP contribution in [0.15, 0.2) is 24.3 Å². The van der Waals surface area contributed by atoms with Crippen LogP contribution in [0.25, 0.3) is 0 Å². The number of anilines is 1. The van der Waals surface area contributed by atoms with Crippen LogP contribution in [-0.4, -0.2) is 47.5 Å². The normalized spacial score (nSPS) is 17.1. The van der Waals surface area contributed by atoms with Crippen molar-refractivity contribution in [2.24, 2.45) is 0 Å². The summed E-state index contributed by atoms with van der Waals surface area (Å²) < 4.78 is 0. The molecule has 0 unspecified atom stereocenters. The first-order valence-electron chi connectivity index (χ1n) is 6.93. The van der Waals surface area contributed by atoms with Crippen LogP contribution in [0.3, 0.4) is 0 Å². The number of rotatable bonds is 1. The van der Waals surface area contributed by atoms with E-state index in [1.807, 2.05) is 23.1 Å². The highest BCUT2D eigenvalue weighted by atomic mass is 35.5. The van der Waals surface area contributed by atoms with Crippen LogP contribution in [0.4, 0.5) is 10.5 Å². The Balaban J connectivity index is 1.91. The summed E-state index contributed by atoms with van der Waals surface area (Å²) in [5.74, 6) is 0. The van der Waals surface area contributed by atoms with Crippen molar-refractivity contribution in [1.82, 2.24) is 9.80 Å². The number of nitrogens with zero attached hydrogens (tertiary/aromatic N) is 2. The molecular formula is C15H22ClN3O. The SMILES string of the molecule is CC(C)(C)N1CCN(C(=O)Nc2ccccc2Cl)CC1. The van der Waals surface area contributed by atoms with Gasteiger partial charge in [0.05, 0.1) is 10.7 Å². The summed E-state index contributed by atoms with van der Waals surface area (Å²) in [6.07, 6.45) is 0. The summed E-state index contributed by atoms with van der Waals surface area (Å²) in [7, 11) is 0. The van der Waals surface area contributed by atoms with Gasteiger partial charge in [0.1, 0.15) is 0 Å².